The molecule has 18 heavy (non-hydrogen) atoms. The fraction of sp³-hybridized carbons (Fsp3) is 1.00. The number of rotatable bonds is 1. The Morgan fingerprint density at radius 3 is 2.06 bits per heavy atom. The highest BCUT2D eigenvalue weighted by molar-refractivity contribution is 4.86. The molecule has 2 atom stereocenters. The fourth-order valence-corrected chi connectivity index (χ4v) is 3.84. The van der Waals surface area contributed by atoms with Gasteiger partial charge in [-0.3, -0.25) is 0 Å². The molecule has 3 saturated heterocycles. The number of fused-ring (bicyclic) bond motifs is 1. The Hall–Kier alpha value is -0.160. The molecule has 0 aromatic carbocycles. The molecule has 0 aliphatic carbocycles. The van der Waals surface area contributed by atoms with Crippen LogP contribution in [0, 0.1) is 11.8 Å². The van der Waals surface area contributed by atoms with E-state index in [4.69, 9.17) is 0 Å². The molecule has 0 bridgehead atoms. The van der Waals surface area contributed by atoms with Crippen molar-refractivity contribution in [3.05, 3.63) is 0 Å². The average molecular weight is 252 g/mol. The summed E-state index contributed by atoms with van der Waals surface area (Å²) in [5, 5.41) is 5.29. The van der Waals surface area contributed by atoms with Gasteiger partial charge < -0.3 is 9.80 Å². The lowest BCUT2D eigenvalue weighted by Gasteiger charge is -2.48. The zero-order valence-electron chi connectivity index (χ0n) is 12.0. The van der Waals surface area contributed by atoms with Crippen LogP contribution in [0.1, 0.15) is 12.8 Å². The Kier molecular flexibility index (Phi) is 3.89. The van der Waals surface area contributed by atoms with Crippen molar-refractivity contribution in [2.75, 3.05) is 66.5 Å². The third kappa shape index (κ3) is 2.72. The maximum Gasteiger partial charge on any atom is 0.0261 e. The van der Waals surface area contributed by atoms with Crippen molar-refractivity contribution in [3.8, 4) is 0 Å². The Bertz CT molecular complexity index is 272. The van der Waals surface area contributed by atoms with Gasteiger partial charge in [0.1, 0.15) is 0 Å². The molecule has 3 fully saturated rings. The number of likely N-dealkylation sites (N-methyl/N-ethyl adjacent to an activating group) is 1. The van der Waals surface area contributed by atoms with Crippen LogP contribution in [0.3, 0.4) is 0 Å². The number of hydrogen-bond donors (Lipinski definition) is 0. The number of nitrogens with zero attached hydrogens (tertiary/aromatic N) is 4. The molecular weight excluding hydrogens is 224 g/mol. The number of hydrogen-bond acceptors (Lipinski definition) is 4. The van der Waals surface area contributed by atoms with Gasteiger partial charge in [-0.15, -0.1) is 0 Å². The third-order valence-electron chi connectivity index (χ3n) is 5.18. The highest BCUT2D eigenvalue weighted by Crippen LogP contribution is 2.31. The lowest BCUT2D eigenvalue weighted by atomic mass is 9.81. The van der Waals surface area contributed by atoms with E-state index in [1.807, 2.05) is 0 Å². The van der Waals surface area contributed by atoms with Crippen molar-refractivity contribution in [1.82, 2.24) is 19.8 Å². The summed E-state index contributed by atoms with van der Waals surface area (Å²) in [6.07, 6.45) is 2.81. The van der Waals surface area contributed by atoms with E-state index in [-0.39, 0.29) is 0 Å². The molecule has 3 heterocycles. The second kappa shape index (κ2) is 5.45. The minimum atomic E-state index is 0.953. The molecule has 4 heteroatoms. The predicted octanol–water partition coefficient (Wildman–Crippen LogP) is 0.422. The Labute approximate surface area is 111 Å². The van der Waals surface area contributed by atoms with Gasteiger partial charge in [0.2, 0.25) is 0 Å². The van der Waals surface area contributed by atoms with Gasteiger partial charge in [0.25, 0.3) is 0 Å². The van der Waals surface area contributed by atoms with Gasteiger partial charge in [-0.25, -0.2) is 10.0 Å². The lowest BCUT2D eigenvalue weighted by Crippen LogP contribution is -2.58. The van der Waals surface area contributed by atoms with Crippen LogP contribution in [-0.4, -0.2) is 86.3 Å². The standard InChI is InChI=1S/C14H28N4/c1-15-7-9-17(10-8-15)18-6-4-13-11-16(2)5-3-14(13)12-18/h13-14H,3-12H2,1-2H3. The van der Waals surface area contributed by atoms with Crippen LogP contribution in [0.5, 0.6) is 0 Å². The van der Waals surface area contributed by atoms with E-state index >= 15 is 0 Å². The minimum Gasteiger partial charge on any atom is -0.306 e. The zero-order valence-corrected chi connectivity index (χ0v) is 12.0. The van der Waals surface area contributed by atoms with E-state index < -0.39 is 0 Å². The largest absolute Gasteiger partial charge is 0.306 e. The summed E-state index contributed by atoms with van der Waals surface area (Å²) in [5.74, 6) is 1.92. The summed E-state index contributed by atoms with van der Waals surface area (Å²) in [4.78, 5) is 4.96. The van der Waals surface area contributed by atoms with Crippen LogP contribution in [0.15, 0.2) is 0 Å². The summed E-state index contributed by atoms with van der Waals surface area (Å²) >= 11 is 0. The minimum absolute atomic E-state index is 0.953. The molecule has 104 valence electrons. The predicted molar refractivity (Wildman–Crippen MR) is 74.4 cm³/mol. The van der Waals surface area contributed by atoms with Gasteiger partial charge in [0.05, 0.1) is 0 Å². The summed E-state index contributed by atoms with van der Waals surface area (Å²) < 4.78 is 0. The van der Waals surface area contributed by atoms with Crippen LogP contribution in [-0.2, 0) is 0 Å². The smallest absolute Gasteiger partial charge is 0.0261 e. The maximum atomic E-state index is 2.67. The molecule has 3 rings (SSSR count). The van der Waals surface area contributed by atoms with Crippen LogP contribution in [0.25, 0.3) is 0 Å². The van der Waals surface area contributed by atoms with Crippen molar-refractivity contribution in [2.24, 2.45) is 11.8 Å². The molecule has 3 aliphatic rings. The first-order chi connectivity index (χ1) is 8.72. The highest BCUT2D eigenvalue weighted by Gasteiger charge is 2.35. The van der Waals surface area contributed by atoms with E-state index in [0.717, 1.165) is 11.8 Å². The molecule has 0 spiro atoms. The Balaban J connectivity index is 1.54. The maximum absolute atomic E-state index is 2.67. The highest BCUT2D eigenvalue weighted by atomic mass is 15.6. The van der Waals surface area contributed by atoms with Crippen LogP contribution >= 0.6 is 0 Å². The number of piperazine rings is 1. The zero-order chi connectivity index (χ0) is 12.5. The summed E-state index contributed by atoms with van der Waals surface area (Å²) in [6.45, 7) is 10.2. The van der Waals surface area contributed by atoms with Gasteiger partial charge in [0, 0.05) is 45.8 Å². The van der Waals surface area contributed by atoms with E-state index in [2.05, 4.69) is 33.9 Å². The first kappa shape index (κ1) is 12.9. The van der Waals surface area contributed by atoms with E-state index in [9.17, 15) is 0 Å². The van der Waals surface area contributed by atoms with Crippen LogP contribution in [0.2, 0.25) is 0 Å². The summed E-state index contributed by atoms with van der Waals surface area (Å²) in [5.41, 5.74) is 0. The SMILES string of the molecule is CN1CCN(N2CCC3CN(C)CCC3C2)CC1. The number of piperidine rings is 2. The Morgan fingerprint density at radius 2 is 1.28 bits per heavy atom. The van der Waals surface area contributed by atoms with Crippen LogP contribution in [0.4, 0.5) is 0 Å². The van der Waals surface area contributed by atoms with Crippen LogP contribution < -0.4 is 0 Å². The van der Waals surface area contributed by atoms with Gasteiger partial charge in [0.15, 0.2) is 0 Å². The summed E-state index contributed by atoms with van der Waals surface area (Å²) in [7, 11) is 4.52. The summed E-state index contributed by atoms with van der Waals surface area (Å²) in [6, 6.07) is 0. The first-order valence-electron chi connectivity index (χ1n) is 7.59. The third-order valence-corrected chi connectivity index (χ3v) is 5.18. The van der Waals surface area contributed by atoms with Crippen molar-refractivity contribution < 1.29 is 0 Å². The molecular formula is C14H28N4. The molecule has 2 unspecified atom stereocenters. The van der Waals surface area contributed by atoms with Gasteiger partial charge in [-0.1, -0.05) is 0 Å². The average Bonchev–Trinajstić information content (AvgIpc) is 2.39. The molecule has 4 nitrogen and oxygen atoms in total. The number of likely N-dealkylation sites (tertiary alicyclic amines) is 1. The van der Waals surface area contributed by atoms with Gasteiger partial charge in [-0.05, 0) is 45.3 Å². The quantitative estimate of drug-likeness (QED) is 0.670. The molecule has 0 aromatic heterocycles. The molecule has 0 N–H and O–H groups in total. The van der Waals surface area contributed by atoms with E-state index in [1.54, 1.807) is 0 Å². The normalized spacial score (nSPS) is 37.7. The molecule has 0 radical (unpaired) electrons. The topological polar surface area (TPSA) is 13.0 Å². The molecule has 0 saturated carbocycles. The molecule has 0 amide bonds. The second-order valence-corrected chi connectivity index (χ2v) is 6.53. The monoisotopic (exact) mass is 252 g/mol. The van der Waals surface area contributed by atoms with Crippen molar-refractivity contribution in [3.63, 3.8) is 0 Å². The number of hydrazine groups is 1. The van der Waals surface area contributed by atoms with Crippen molar-refractivity contribution >= 4 is 0 Å². The van der Waals surface area contributed by atoms with E-state index in [1.165, 1.54) is 65.2 Å². The second-order valence-electron chi connectivity index (χ2n) is 6.53. The molecule has 0 aromatic rings. The van der Waals surface area contributed by atoms with Gasteiger partial charge >= 0.3 is 0 Å². The van der Waals surface area contributed by atoms with E-state index in [0.29, 0.717) is 0 Å². The van der Waals surface area contributed by atoms with Gasteiger partial charge in [-0.2, -0.15) is 0 Å². The van der Waals surface area contributed by atoms with Crippen molar-refractivity contribution in [1.29, 1.82) is 0 Å². The first-order valence-corrected chi connectivity index (χ1v) is 7.59. The Morgan fingerprint density at radius 1 is 0.611 bits per heavy atom. The fourth-order valence-electron chi connectivity index (χ4n) is 3.84. The molecule has 3 aliphatic heterocycles. The van der Waals surface area contributed by atoms with Crippen molar-refractivity contribution in [2.45, 2.75) is 12.8 Å². The lowest BCUT2D eigenvalue weighted by molar-refractivity contribution is -0.0989.